The van der Waals surface area contributed by atoms with Crippen molar-refractivity contribution in [3.05, 3.63) is 35.9 Å². The Morgan fingerprint density at radius 2 is 1.86 bits per heavy atom. The molecule has 0 heterocycles. The van der Waals surface area contributed by atoms with E-state index in [2.05, 4.69) is 0 Å². The Bertz CT molecular complexity index is 482. The van der Waals surface area contributed by atoms with Crippen LogP contribution in [0.15, 0.2) is 30.3 Å². The molecule has 21 heavy (non-hydrogen) atoms. The maximum absolute atomic E-state index is 12.4. The van der Waals surface area contributed by atoms with Crippen LogP contribution in [-0.2, 0) is 21.0 Å². The van der Waals surface area contributed by atoms with Gasteiger partial charge in [0, 0.05) is 5.41 Å². The first-order valence-electron chi connectivity index (χ1n) is 6.70. The Hall–Kier alpha value is -1.92. The van der Waals surface area contributed by atoms with Gasteiger partial charge in [-0.2, -0.15) is 5.06 Å². The second-order valence-corrected chi connectivity index (χ2v) is 5.78. The van der Waals surface area contributed by atoms with E-state index in [1.165, 1.54) is 0 Å². The Balaban J connectivity index is 2.90. The second kappa shape index (κ2) is 7.19. The van der Waals surface area contributed by atoms with E-state index in [0.717, 1.165) is 10.6 Å². The molecule has 1 aromatic carbocycles. The summed E-state index contributed by atoms with van der Waals surface area (Å²) in [6, 6.07) is 7.99. The molecule has 3 N–H and O–H groups in total. The predicted molar refractivity (Wildman–Crippen MR) is 77.6 cm³/mol. The number of rotatable bonds is 4. The van der Waals surface area contributed by atoms with Gasteiger partial charge in [-0.15, -0.1) is 0 Å². The van der Waals surface area contributed by atoms with Crippen LogP contribution in [0.25, 0.3) is 0 Å². The lowest BCUT2D eigenvalue weighted by atomic mass is 9.95. The number of hydrogen-bond acceptors (Lipinski definition) is 5. The standard InChI is InChI=1S/C15H22N2O4/c1-15(2,3)14(20)17(21-13(19)12(16)10-18)9-11-7-5-4-6-8-11/h4-8,12,18H,9-10,16H2,1-3H3. The van der Waals surface area contributed by atoms with Crippen LogP contribution in [0.2, 0.25) is 0 Å². The molecule has 1 atom stereocenters. The predicted octanol–water partition coefficient (Wildman–Crippen LogP) is 0.839. The van der Waals surface area contributed by atoms with Gasteiger partial charge >= 0.3 is 5.97 Å². The summed E-state index contributed by atoms with van der Waals surface area (Å²) in [4.78, 5) is 29.1. The van der Waals surface area contributed by atoms with Crippen LogP contribution in [0.4, 0.5) is 0 Å². The van der Waals surface area contributed by atoms with Crippen molar-refractivity contribution in [2.24, 2.45) is 11.1 Å². The molecule has 0 radical (unpaired) electrons. The van der Waals surface area contributed by atoms with Crippen LogP contribution in [0.1, 0.15) is 26.3 Å². The highest BCUT2D eigenvalue weighted by molar-refractivity contribution is 5.83. The lowest BCUT2D eigenvalue weighted by Gasteiger charge is -2.28. The first-order chi connectivity index (χ1) is 9.75. The third-order valence-corrected chi connectivity index (χ3v) is 2.74. The van der Waals surface area contributed by atoms with Crippen molar-refractivity contribution in [3.63, 3.8) is 0 Å². The summed E-state index contributed by atoms with van der Waals surface area (Å²) in [5.74, 6) is -1.18. The van der Waals surface area contributed by atoms with Crippen LogP contribution < -0.4 is 5.73 Å². The molecule has 0 aliphatic heterocycles. The zero-order chi connectivity index (χ0) is 16.0. The molecule has 6 nitrogen and oxygen atoms in total. The average Bonchev–Trinajstić information content (AvgIpc) is 2.44. The number of nitrogens with zero attached hydrogens (tertiary/aromatic N) is 1. The first kappa shape index (κ1) is 17.1. The summed E-state index contributed by atoms with van der Waals surface area (Å²) < 4.78 is 0. The zero-order valence-electron chi connectivity index (χ0n) is 12.6. The highest BCUT2D eigenvalue weighted by atomic mass is 16.7. The Morgan fingerprint density at radius 1 is 1.29 bits per heavy atom. The highest BCUT2D eigenvalue weighted by Gasteiger charge is 2.31. The van der Waals surface area contributed by atoms with Crippen molar-refractivity contribution >= 4 is 11.9 Å². The maximum Gasteiger partial charge on any atom is 0.351 e. The third-order valence-electron chi connectivity index (χ3n) is 2.74. The van der Waals surface area contributed by atoms with Gasteiger partial charge < -0.3 is 15.7 Å². The lowest BCUT2D eigenvalue weighted by molar-refractivity contribution is -0.207. The van der Waals surface area contributed by atoms with Gasteiger partial charge in [-0.05, 0) is 5.56 Å². The van der Waals surface area contributed by atoms with Gasteiger partial charge in [0.1, 0.15) is 6.04 Å². The Labute approximate surface area is 124 Å². The van der Waals surface area contributed by atoms with Gasteiger partial charge in [0.15, 0.2) is 0 Å². The average molecular weight is 294 g/mol. The molecule has 1 unspecified atom stereocenters. The molecular weight excluding hydrogens is 272 g/mol. The minimum absolute atomic E-state index is 0.126. The number of benzene rings is 1. The largest absolute Gasteiger partial charge is 0.394 e. The number of aliphatic hydroxyl groups excluding tert-OH is 1. The molecule has 6 heteroatoms. The fraction of sp³-hybridized carbons (Fsp3) is 0.467. The number of hydroxylamine groups is 2. The van der Waals surface area contributed by atoms with Crippen LogP contribution in [0.5, 0.6) is 0 Å². The molecule has 1 amide bonds. The summed E-state index contributed by atoms with van der Waals surface area (Å²) >= 11 is 0. The number of aliphatic hydroxyl groups is 1. The molecule has 0 aliphatic carbocycles. The van der Waals surface area contributed by atoms with E-state index in [9.17, 15) is 9.59 Å². The Morgan fingerprint density at radius 3 is 2.33 bits per heavy atom. The topological polar surface area (TPSA) is 92.9 Å². The van der Waals surface area contributed by atoms with E-state index in [1.807, 2.05) is 30.3 Å². The van der Waals surface area contributed by atoms with Crippen LogP contribution in [0, 0.1) is 5.41 Å². The minimum atomic E-state index is -1.17. The normalized spacial score (nSPS) is 12.6. The molecule has 0 aliphatic rings. The quantitative estimate of drug-likeness (QED) is 0.803. The minimum Gasteiger partial charge on any atom is -0.394 e. The molecule has 0 aromatic heterocycles. The molecule has 1 aromatic rings. The SMILES string of the molecule is CC(C)(C)C(=O)N(Cc1ccccc1)OC(=O)C(N)CO. The number of nitrogens with two attached hydrogens (primary N) is 1. The number of carbonyl (C=O) groups excluding carboxylic acids is 2. The fourth-order valence-electron chi connectivity index (χ4n) is 1.52. The highest BCUT2D eigenvalue weighted by Crippen LogP contribution is 2.19. The van der Waals surface area contributed by atoms with Gasteiger partial charge in [0.2, 0.25) is 0 Å². The van der Waals surface area contributed by atoms with E-state index in [0.29, 0.717) is 0 Å². The van der Waals surface area contributed by atoms with Gasteiger partial charge in [-0.3, -0.25) is 4.79 Å². The molecule has 1 rings (SSSR count). The summed E-state index contributed by atoms with van der Waals surface area (Å²) in [5.41, 5.74) is 5.51. The van der Waals surface area contributed by atoms with Gasteiger partial charge in [-0.25, -0.2) is 4.79 Å². The lowest BCUT2D eigenvalue weighted by Crippen LogP contribution is -2.45. The molecular formula is C15H22N2O4. The van der Waals surface area contributed by atoms with E-state index < -0.39 is 24.0 Å². The van der Waals surface area contributed by atoms with Crippen molar-refractivity contribution in [1.82, 2.24) is 5.06 Å². The van der Waals surface area contributed by atoms with Crippen molar-refractivity contribution in [1.29, 1.82) is 0 Å². The van der Waals surface area contributed by atoms with Crippen molar-refractivity contribution in [3.8, 4) is 0 Å². The monoisotopic (exact) mass is 294 g/mol. The van der Waals surface area contributed by atoms with Crippen LogP contribution in [0.3, 0.4) is 0 Å². The zero-order valence-corrected chi connectivity index (χ0v) is 12.6. The smallest absolute Gasteiger partial charge is 0.351 e. The van der Waals surface area contributed by atoms with Crippen LogP contribution in [-0.4, -0.2) is 34.7 Å². The molecule has 0 spiro atoms. The number of amides is 1. The number of hydrogen-bond donors (Lipinski definition) is 2. The molecule has 116 valence electrons. The molecule has 0 fully saturated rings. The van der Waals surface area contributed by atoms with Gasteiger partial charge in [-0.1, -0.05) is 51.1 Å². The molecule has 0 bridgehead atoms. The van der Waals surface area contributed by atoms with Gasteiger partial charge in [0.25, 0.3) is 5.91 Å². The summed E-state index contributed by atoms with van der Waals surface area (Å²) in [5, 5.41) is 9.87. The second-order valence-electron chi connectivity index (χ2n) is 5.78. The molecule has 0 saturated heterocycles. The van der Waals surface area contributed by atoms with E-state index >= 15 is 0 Å². The Kier molecular flexibility index (Phi) is 5.87. The van der Waals surface area contributed by atoms with E-state index in [4.69, 9.17) is 15.7 Å². The first-order valence-corrected chi connectivity index (χ1v) is 6.70. The van der Waals surface area contributed by atoms with E-state index in [-0.39, 0.29) is 12.5 Å². The number of carbonyl (C=O) groups is 2. The summed E-state index contributed by atoms with van der Waals surface area (Å²) in [6.45, 7) is 4.77. The van der Waals surface area contributed by atoms with Crippen molar-refractivity contribution in [2.45, 2.75) is 33.4 Å². The fourth-order valence-corrected chi connectivity index (χ4v) is 1.52. The molecule has 0 saturated carbocycles. The summed E-state index contributed by atoms with van der Waals surface area (Å²) in [6.07, 6.45) is 0. The maximum atomic E-state index is 12.4. The summed E-state index contributed by atoms with van der Waals surface area (Å²) in [7, 11) is 0. The van der Waals surface area contributed by atoms with E-state index in [1.54, 1.807) is 20.8 Å². The third kappa shape index (κ3) is 5.17. The van der Waals surface area contributed by atoms with Crippen molar-refractivity contribution in [2.75, 3.05) is 6.61 Å². The van der Waals surface area contributed by atoms with Crippen LogP contribution >= 0.6 is 0 Å². The van der Waals surface area contributed by atoms with Crippen molar-refractivity contribution < 1.29 is 19.5 Å². The van der Waals surface area contributed by atoms with Gasteiger partial charge in [0.05, 0.1) is 13.2 Å².